The van der Waals surface area contributed by atoms with E-state index < -0.39 is 17.7 Å². The van der Waals surface area contributed by atoms with Crippen molar-refractivity contribution in [3.63, 3.8) is 0 Å². The van der Waals surface area contributed by atoms with Crippen molar-refractivity contribution in [2.24, 2.45) is 0 Å². The Kier molecular flexibility index (Phi) is 6.30. The van der Waals surface area contributed by atoms with Crippen molar-refractivity contribution >= 4 is 23.4 Å². The summed E-state index contributed by atoms with van der Waals surface area (Å²) in [5, 5.41) is 9.05. The van der Waals surface area contributed by atoms with Crippen molar-refractivity contribution in [1.82, 2.24) is 14.5 Å². The number of carboxylic acid groups (broad SMARTS) is 1. The average Bonchev–Trinajstić information content (AvgIpc) is 3.24. The number of pyridine rings is 1. The molecule has 5 heterocycles. The molecule has 1 unspecified atom stereocenters. The normalized spacial score (nSPS) is 14.1. The van der Waals surface area contributed by atoms with Crippen LogP contribution >= 0.6 is 0 Å². The minimum atomic E-state index is -0.959. The number of benzene rings is 1. The Bertz CT molecular complexity index is 1130. The van der Waals surface area contributed by atoms with Crippen LogP contribution < -0.4 is 4.90 Å². The largest absolute Gasteiger partial charge is 0.481 e. The van der Waals surface area contributed by atoms with Crippen LogP contribution in [0.2, 0.25) is 0 Å². The summed E-state index contributed by atoms with van der Waals surface area (Å²) < 4.78 is 15.0. The number of anilines is 2. The molecule has 0 spiro atoms. The Balaban J connectivity index is 0.000000199. The number of carboxylic acids is 1. The molecule has 8 heteroatoms. The lowest BCUT2D eigenvalue weighted by Gasteiger charge is -2.36. The zero-order valence-corrected chi connectivity index (χ0v) is 17.9. The van der Waals surface area contributed by atoms with E-state index in [0.717, 1.165) is 0 Å². The summed E-state index contributed by atoms with van der Waals surface area (Å²) in [4.78, 5) is 33.3. The quantitative estimate of drug-likeness (QED) is 0.554. The number of aryl methyl sites for hydroxylation is 1. The molecule has 1 aromatic carbocycles. The van der Waals surface area contributed by atoms with E-state index in [9.17, 15) is 14.0 Å². The number of halogens is 1. The van der Waals surface area contributed by atoms with E-state index in [0.29, 0.717) is 24.2 Å². The van der Waals surface area contributed by atoms with Gasteiger partial charge in [0.05, 0.1) is 12.7 Å². The summed E-state index contributed by atoms with van der Waals surface area (Å²) in [5.74, 6) is 0.577. The van der Waals surface area contributed by atoms with Gasteiger partial charge in [-0.05, 0) is 42.2 Å². The molecule has 1 atom stereocenters. The van der Waals surface area contributed by atoms with Gasteiger partial charge in [-0.2, -0.15) is 0 Å². The molecule has 166 valence electrons. The summed E-state index contributed by atoms with van der Waals surface area (Å²) >= 11 is 0. The van der Waals surface area contributed by atoms with Crippen molar-refractivity contribution in [1.29, 1.82) is 0 Å². The number of carbonyl (C=O) groups excluding carboxylic acids is 1. The molecule has 4 bridgehead atoms. The molecule has 3 aliphatic rings. The van der Waals surface area contributed by atoms with Crippen LogP contribution in [0, 0.1) is 5.82 Å². The molecule has 0 saturated carbocycles. The van der Waals surface area contributed by atoms with Crippen molar-refractivity contribution in [2.75, 3.05) is 11.4 Å². The highest BCUT2D eigenvalue weighted by Crippen LogP contribution is 2.39. The number of Topliss-reactive ketones (excluding diaryl/α,β-unsaturated/α-hetero) is 1. The lowest BCUT2D eigenvalue weighted by Crippen LogP contribution is -2.33. The van der Waals surface area contributed by atoms with Crippen LogP contribution in [-0.4, -0.2) is 37.9 Å². The maximum Gasteiger partial charge on any atom is 0.304 e. The first-order valence-electron chi connectivity index (χ1n) is 10.7. The third-order valence-electron chi connectivity index (χ3n) is 5.71. The summed E-state index contributed by atoms with van der Waals surface area (Å²) in [6.07, 6.45) is 5.84. The number of hydrogen-bond acceptors (Lipinski definition) is 5. The van der Waals surface area contributed by atoms with E-state index in [2.05, 4.69) is 27.0 Å². The highest BCUT2D eigenvalue weighted by molar-refractivity contribution is 5.93. The molecule has 0 radical (unpaired) electrons. The second kappa shape index (κ2) is 9.30. The van der Waals surface area contributed by atoms with E-state index >= 15 is 0 Å². The first-order chi connectivity index (χ1) is 15.4. The Labute approximate surface area is 185 Å². The molecule has 6 rings (SSSR count). The number of fused-ring (bicyclic) bond motifs is 1. The number of rotatable bonds is 7. The minimum Gasteiger partial charge on any atom is -0.481 e. The summed E-state index contributed by atoms with van der Waals surface area (Å²) in [6, 6.07) is 10.2. The molecule has 0 aliphatic carbocycles. The van der Waals surface area contributed by atoms with Crippen molar-refractivity contribution in [2.45, 2.75) is 45.1 Å². The molecule has 7 nitrogen and oxygen atoms in total. The topological polar surface area (TPSA) is 88.3 Å². The zero-order chi connectivity index (χ0) is 22.7. The smallest absolute Gasteiger partial charge is 0.304 e. The molecule has 0 amide bonds. The fourth-order valence-corrected chi connectivity index (χ4v) is 4.06. The van der Waals surface area contributed by atoms with Crippen LogP contribution in [0.1, 0.15) is 53.7 Å². The number of aromatic nitrogens is 3. The molecule has 1 N–H and O–H groups in total. The average molecular weight is 436 g/mol. The molecular formula is C24H25FN4O3. The molecule has 0 fully saturated rings. The maximum atomic E-state index is 13.3. The van der Waals surface area contributed by atoms with Crippen molar-refractivity contribution in [3.8, 4) is 0 Å². The van der Waals surface area contributed by atoms with Gasteiger partial charge in [0, 0.05) is 31.6 Å². The SMILES string of the molecule is CCC(=O)c1cn(CC(CC(=O)O)c2cccc(F)c2)cn1.c1cc2c3nc1N3CCC2. The van der Waals surface area contributed by atoms with Gasteiger partial charge in [0.2, 0.25) is 0 Å². The van der Waals surface area contributed by atoms with Crippen LogP contribution in [0.5, 0.6) is 0 Å². The van der Waals surface area contributed by atoms with Gasteiger partial charge < -0.3 is 14.6 Å². The fourth-order valence-electron chi connectivity index (χ4n) is 4.06. The van der Waals surface area contributed by atoms with Crippen LogP contribution in [0.15, 0.2) is 48.9 Å². The summed E-state index contributed by atoms with van der Waals surface area (Å²) in [5.41, 5.74) is 2.40. The zero-order valence-electron chi connectivity index (χ0n) is 17.9. The van der Waals surface area contributed by atoms with Crippen LogP contribution in [0.3, 0.4) is 0 Å². The van der Waals surface area contributed by atoms with Gasteiger partial charge in [0.25, 0.3) is 0 Å². The third-order valence-corrected chi connectivity index (χ3v) is 5.71. The monoisotopic (exact) mass is 436 g/mol. The van der Waals surface area contributed by atoms with E-state index in [1.807, 2.05) is 0 Å². The Morgan fingerprint density at radius 2 is 2.09 bits per heavy atom. The number of aliphatic carboxylic acids is 1. The highest BCUT2D eigenvalue weighted by atomic mass is 19.1. The first kappa shape index (κ1) is 21.7. The highest BCUT2D eigenvalue weighted by Gasteiger charge is 2.28. The number of ketones is 1. The fraction of sp³-hybridized carbons (Fsp3) is 0.333. The van der Waals surface area contributed by atoms with E-state index in [1.54, 1.807) is 29.8 Å². The standard InChI is InChI=1S/C16H17FN2O3.C8H8N2/c1-2-15(20)14-9-19(10-18-14)8-12(7-16(21)22)11-4-3-5-13(17)6-11;1-2-6-3-4-7-9-8(6)10(7)5-1/h3-6,9-10,12H,2,7-8H2,1H3,(H,21,22);3-4H,1-2,5H2. The number of carbonyl (C=O) groups is 2. The van der Waals surface area contributed by atoms with Gasteiger partial charge in [0.15, 0.2) is 5.78 Å². The maximum absolute atomic E-state index is 13.3. The lowest BCUT2D eigenvalue weighted by molar-refractivity contribution is -0.137. The van der Waals surface area contributed by atoms with Crippen LogP contribution in [0.4, 0.5) is 16.0 Å². The van der Waals surface area contributed by atoms with E-state index in [-0.39, 0.29) is 12.2 Å². The van der Waals surface area contributed by atoms with Crippen LogP contribution in [-0.2, 0) is 17.8 Å². The predicted molar refractivity (Wildman–Crippen MR) is 118 cm³/mol. The third kappa shape index (κ3) is 4.69. The lowest BCUT2D eigenvalue weighted by atomic mass is 9.95. The van der Waals surface area contributed by atoms with Gasteiger partial charge in [-0.1, -0.05) is 25.1 Å². The minimum absolute atomic E-state index is 0.0701. The van der Waals surface area contributed by atoms with Gasteiger partial charge in [0.1, 0.15) is 23.1 Å². The van der Waals surface area contributed by atoms with Gasteiger partial charge >= 0.3 is 5.97 Å². The second-order valence-corrected chi connectivity index (χ2v) is 7.99. The molecule has 2 aromatic heterocycles. The Hall–Kier alpha value is -3.55. The van der Waals surface area contributed by atoms with Crippen molar-refractivity contribution < 1.29 is 19.1 Å². The molecule has 3 aliphatic heterocycles. The molecule has 0 saturated heterocycles. The Morgan fingerprint density at radius 1 is 1.25 bits per heavy atom. The molecule has 3 aromatic rings. The summed E-state index contributed by atoms with van der Waals surface area (Å²) in [7, 11) is 0. The van der Waals surface area contributed by atoms with E-state index in [1.165, 1.54) is 55.0 Å². The van der Waals surface area contributed by atoms with Crippen LogP contribution in [0.25, 0.3) is 0 Å². The predicted octanol–water partition coefficient (Wildman–Crippen LogP) is 4.35. The number of nitrogens with zero attached hydrogens (tertiary/aromatic N) is 4. The first-order valence-corrected chi connectivity index (χ1v) is 10.7. The second-order valence-electron chi connectivity index (χ2n) is 7.99. The molecular weight excluding hydrogens is 411 g/mol. The molecule has 32 heavy (non-hydrogen) atoms. The Morgan fingerprint density at radius 3 is 2.75 bits per heavy atom. The van der Waals surface area contributed by atoms with Gasteiger partial charge in [-0.3, -0.25) is 9.59 Å². The van der Waals surface area contributed by atoms with Crippen molar-refractivity contribution in [3.05, 3.63) is 71.6 Å². The number of hydrogen-bond donors (Lipinski definition) is 1. The summed E-state index contributed by atoms with van der Waals surface area (Å²) in [6.45, 7) is 3.25. The van der Waals surface area contributed by atoms with Gasteiger partial charge in [-0.25, -0.2) is 14.4 Å². The van der Waals surface area contributed by atoms with Gasteiger partial charge in [-0.15, -0.1) is 0 Å². The van der Waals surface area contributed by atoms with E-state index in [4.69, 9.17) is 5.11 Å². The number of imidazole rings is 1.